The van der Waals surface area contributed by atoms with E-state index in [4.69, 9.17) is 15.0 Å². The Morgan fingerprint density at radius 3 is 1.60 bits per heavy atom. The molecule has 0 radical (unpaired) electrons. The minimum absolute atomic E-state index is 0.704. The molecule has 4 nitrogen and oxygen atoms in total. The van der Waals surface area contributed by atoms with E-state index in [2.05, 4.69) is 174 Å². The molecule has 11 aromatic rings. The predicted octanol–water partition coefficient (Wildman–Crippen LogP) is 13.6. The molecule has 0 N–H and O–H groups in total. The number of rotatable bonds is 6. The second-order valence-electron chi connectivity index (χ2n) is 14.4. The Morgan fingerprint density at radius 2 is 0.860 bits per heavy atom. The lowest BCUT2D eigenvalue weighted by atomic mass is 9.98. The highest BCUT2D eigenvalue weighted by atomic mass is 15.0. The summed E-state index contributed by atoms with van der Waals surface area (Å²) < 4.78 is 2.40. The number of para-hydroxylation sites is 1. The van der Waals surface area contributed by atoms with Crippen molar-refractivity contribution in [3.8, 4) is 62.0 Å². The summed E-state index contributed by atoms with van der Waals surface area (Å²) in [6.45, 7) is 0. The third kappa shape index (κ3) is 5.66. The van der Waals surface area contributed by atoms with Crippen LogP contribution in [-0.2, 0) is 0 Å². The average Bonchev–Trinajstić information content (AvgIpc) is 3.64. The Balaban J connectivity index is 1.13. The molecule has 0 spiro atoms. The van der Waals surface area contributed by atoms with Gasteiger partial charge in [-0.3, -0.25) is 0 Å². The third-order valence-corrected chi connectivity index (χ3v) is 11.0. The number of pyridine rings is 1. The summed E-state index contributed by atoms with van der Waals surface area (Å²) in [5.41, 5.74) is 13.5. The van der Waals surface area contributed by atoms with E-state index >= 15 is 0 Å². The highest BCUT2D eigenvalue weighted by Gasteiger charge is 2.20. The molecule has 8 aromatic carbocycles. The zero-order valence-electron chi connectivity index (χ0n) is 30.9. The van der Waals surface area contributed by atoms with E-state index in [1.54, 1.807) is 0 Å². The molecule has 0 aliphatic heterocycles. The standard InChI is InChI=1S/C53H34N4/c1-5-16-35(17-6-1)47-34-48(55-53(54-47)37-20-9-3-10-21-37)40-23-15-22-38(32-40)39-28-29-43-46-31-30-45-42-26-13-14-27-44(42)50(36-18-7-2-8-19-36)56-51(45)52(46)57(49(43)33-39)41-24-11-4-12-25-41/h1-34H. The van der Waals surface area contributed by atoms with Gasteiger partial charge in [0.1, 0.15) is 0 Å². The van der Waals surface area contributed by atoms with E-state index in [9.17, 15) is 0 Å². The largest absolute Gasteiger partial charge is 0.307 e. The lowest BCUT2D eigenvalue weighted by Crippen LogP contribution is -1.97. The van der Waals surface area contributed by atoms with E-state index in [-0.39, 0.29) is 0 Å². The van der Waals surface area contributed by atoms with Crippen molar-refractivity contribution in [2.75, 3.05) is 0 Å². The molecule has 0 atom stereocenters. The van der Waals surface area contributed by atoms with Gasteiger partial charge >= 0.3 is 0 Å². The van der Waals surface area contributed by atoms with Crippen LogP contribution in [0.5, 0.6) is 0 Å². The Morgan fingerprint density at radius 1 is 0.316 bits per heavy atom. The molecule has 11 rings (SSSR count). The van der Waals surface area contributed by atoms with Gasteiger partial charge in [-0.15, -0.1) is 0 Å². The first-order chi connectivity index (χ1) is 28.3. The lowest BCUT2D eigenvalue weighted by molar-refractivity contribution is 1.18. The molecule has 3 aromatic heterocycles. The summed E-state index contributed by atoms with van der Waals surface area (Å²) in [5, 5.41) is 5.84. The molecule has 0 aliphatic carbocycles. The van der Waals surface area contributed by atoms with Crippen molar-refractivity contribution in [1.29, 1.82) is 0 Å². The van der Waals surface area contributed by atoms with Gasteiger partial charge in [0.05, 0.1) is 33.6 Å². The van der Waals surface area contributed by atoms with Gasteiger partial charge in [-0.1, -0.05) is 176 Å². The SMILES string of the molecule is c1ccc(-c2cc(-c3cccc(-c4ccc5c6ccc7c8ccccc8c(-c8ccccc8)nc7c6n(-c6ccccc6)c5c4)c3)nc(-c3ccccc3)n2)cc1. The van der Waals surface area contributed by atoms with Crippen molar-refractivity contribution in [3.05, 3.63) is 206 Å². The van der Waals surface area contributed by atoms with Gasteiger partial charge in [0.2, 0.25) is 0 Å². The van der Waals surface area contributed by atoms with Gasteiger partial charge in [-0.25, -0.2) is 15.0 Å². The van der Waals surface area contributed by atoms with Gasteiger partial charge in [0.15, 0.2) is 5.82 Å². The summed E-state index contributed by atoms with van der Waals surface area (Å²) >= 11 is 0. The quantitative estimate of drug-likeness (QED) is 0.160. The fourth-order valence-corrected chi connectivity index (χ4v) is 8.28. The van der Waals surface area contributed by atoms with Crippen molar-refractivity contribution in [2.24, 2.45) is 0 Å². The zero-order chi connectivity index (χ0) is 37.7. The van der Waals surface area contributed by atoms with E-state index in [0.29, 0.717) is 5.82 Å². The van der Waals surface area contributed by atoms with Crippen LogP contribution in [0.3, 0.4) is 0 Å². The number of fused-ring (bicyclic) bond motifs is 7. The van der Waals surface area contributed by atoms with Crippen LogP contribution in [0.25, 0.3) is 105 Å². The van der Waals surface area contributed by atoms with Gasteiger partial charge in [0.25, 0.3) is 0 Å². The molecular formula is C53H34N4. The van der Waals surface area contributed by atoms with Crippen molar-refractivity contribution in [3.63, 3.8) is 0 Å². The highest BCUT2D eigenvalue weighted by molar-refractivity contribution is 6.23. The minimum atomic E-state index is 0.704. The normalized spacial score (nSPS) is 11.5. The second-order valence-corrected chi connectivity index (χ2v) is 14.4. The molecule has 0 aliphatic rings. The van der Waals surface area contributed by atoms with E-state index in [1.165, 1.54) is 16.2 Å². The molecular weight excluding hydrogens is 693 g/mol. The molecule has 266 valence electrons. The predicted molar refractivity (Wildman–Crippen MR) is 236 cm³/mol. The van der Waals surface area contributed by atoms with E-state index in [0.717, 1.165) is 83.5 Å². The molecule has 0 saturated heterocycles. The number of benzene rings is 8. The minimum Gasteiger partial charge on any atom is -0.307 e. The topological polar surface area (TPSA) is 43.6 Å². The number of nitrogens with zero attached hydrogens (tertiary/aromatic N) is 4. The number of hydrogen-bond donors (Lipinski definition) is 0. The van der Waals surface area contributed by atoms with Crippen LogP contribution in [0.2, 0.25) is 0 Å². The van der Waals surface area contributed by atoms with Crippen LogP contribution < -0.4 is 0 Å². The summed E-state index contributed by atoms with van der Waals surface area (Å²) in [4.78, 5) is 15.7. The van der Waals surface area contributed by atoms with Crippen LogP contribution >= 0.6 is 0 Å². The summed E-state index contributed by atoms with van der Waals surface area (Å²) in [6.07, 6.45) is 0. The first kappa shape index (κ1) is 32.7. The van der Waals surface area contributed by atoms with E-state index in [1.807, 2.05) is 36.4 Å². The molecule has 4 heteroatoms. The maximum atomic E-state index is 5.53. The van der Waals surface area contributed by atoms with Crippen molar-refractivity contribution < 1.29 is 0 Å². The van der Waals surface area contributed by atoms with Crippen LogP contribution in [0.4, 0.5) is 0 Å². The van der Waals surface area contributed by atoms with E-state index < -0.39 is 0 Å². The average molecular weight is 727 g/mol. The number of hydrogen-bond acceptors (Lipinski definition) is 3. The number of aromatic nitrogens is 4. The monoisotopic (exact) mass is 726 g/mol. The van der Waals surface area contributed by atoms with Crippen molar-refractivity contribution in [2.45, 2.75) is 0 Å². The van der Waals surface area contributed by atoms with Gasteiger partial charge < -0.3 is 4.57 Å². The summed E-state index contributed by atoms with van der Waals surface area (Å²) in [7, 11) is 0. The summed E-state index contributed by atoms with van der Waals surface area (Å²) in [6, 6.07) is 72.6. The molecule has 0 unspecified atom stereocenters. The Labute approximate surface area is 330 Å². The third-order valence-electron chi connectivity index (χ3n) is 11.0. The first-order valence-corrected chi connectivity index (χ1v) is 19.3. The van der Waals surface area contributed by atoms with Gasteiger partial charge in [0, 0.05) is 49.5 Å². The Bertz CT molecular complexity index is 3210. The molecule has 3 heterocycles. The fraction of sp³-hybridized carbons (Fsp3) is 0. The first-order valence-electron chi connectivity index (χ1n) is 19.3. The smallest absolute Gasteiger partial charge is 0.160 e. The zero-order valence-corrected chi connectivity index (χ0v) is 30.9. The van der Waals surface area contributed by atoms with Crippen molar-refractivity contribution in [1.82, 2.24) is 19.5 Å². The van der Waals surface area contributed by atoms with Crippen molar-refractivity contribution >= 4 is 43.5 Å². The Kier molecular flexibility index (Phi) is 7.78. The molecule has 0 bridgehead atoms. The van der Waals surface area contributed by atoms with Gasteiger partial charge in [-0.2, -0.15) is 0 Å². The second kappa shape index (κ2) is 13.6. The van der Waals surface area contributed by atoms with Crippen LogP contribution in [0, 0.1) is 0 Å². The Hall–Kier alpha value is -7.69. The maximum absolute atomic E-state index is 5.53. The summed E-state index contributed by atoms with van der Waals surface area (Å²) in [5.74, 6) is 0.704. The van der Waals surface area contributed by atoms with Gasteiger partial charge in [-0.05, 0) is 46.8 Å². The fourth-order valence-electron chi connectivity index (χ4n) is 8.28. The molecule has 0 amide bonds. The molecule has 57 heavy (non-hydrogen) atoms. The molecule has 0 fully saturated rings. The molecule has 0 saturated carbocycles. The highest BCUT2D eigenvalue weighted by Crippen LogP contribution is 2.41. The van der Waals surface area contributed by atoms with Crippen LogP contribution in [0.1, 0.15) is 0 Å². The van der Waals surface area contributed by atoms with Crippen LogP contribution in [-0.4, -0.2) is 19.5 Å². The lowest BCUT2D eigenvalue weighted by Gasteiger charge is -2.13. The maximum Gasteiger partial charge on any atom is 0.160 e. The van der Waals surface area contributed by atoms with Crippen LogP contribution in [0.15, 0.2) is 206 Å².